The predicted molar refractivity (Wildman–Crippen MR) is 182 cm³/mol. The number of hydrogen-bond donors (Lipinski definition) is 2. The van der Waals surface area contributed by atoms with Gasteiger partial charge in [0.15, 0.2) is 5.82 Å². The van der Waals surface area contributed by atoms with Crippen molar-refractivity contribution in [3.8, 4) is 22.5 Å². The summed E-state index contributed by atoms with van der Waals surface area (Å²) < 4.78 is 0. The lowest BCUT2D eigenvalue weighted by molar-refractivity contribution is -0.148. The van der Waals surface area contributed by atoms with Crippen LogP contribution in [0.5, 0.6) is 0 Å². The van der Waals surface area contributed by atoms with Gasteiger partial charge in [-0.15, -0.1) is 11.3 Å². The lowest BCUT2D eigenvalue weighted by atomic mass is 9.86. The first-order chi connectivity index (χ1) is 21.7. The molecule has 2 atom stereocenters. The van der Waals surface area contributed by atoms with Crippen molar-refractivity contribution in [2.75, 3.05) is 6.54 Å². The summed E-state index contributed by atoms with van der Waals surface area (Å²) in [5.41, 5.74) is 4.87. The quantitative estimate of drug-likeness (QED) is 0.218. The van der Waals surface area contributed by atoms with Gasteiger partial charge in [-0.2, -0.15) is 0 Å². The monoisotopic (exact) mass is 638 g/mol. The Hall–Kier alpha value is -4.37. The minimum Gasteiger partial charge on any atom is -0.480 e. The third kappa shape index (κ3) is 7.53. The molecule has 2 aromatic carbocycles. The maximum Gasteiger partial charge on any atom is 0.326 e. The Morgan fingerprint density at radius 2 is 1.50 bits per heavy atom. The molecule has 5 rings (SSSR count). The van der Waals surface area contributed by atoms with E-state index in [0.717, 1.165) is 27.1 Å². The fraction of sp³-hybridized carbons (Fsp3) is 0.378. The highest BCUT2D eigenvalue weighted by Crippen LogP contribution is 2.30. The van der Waals surface area contributed by atoms with Crippen LogP contribution in [-0.4, -0.2) is 56.4 Å². The molecule has 1 aliphatic heterocycles. The number of nitrogens with one attached hydrogen (secondary N) is 1. The van der Waals surface area contributed by atoms with Crippen LogP contribution in [0.15, 0.2) is 73.1 Å². The molecule has 2 amide bonds. The Morgan fingerprint density at radius 3 is 2.07 bits per heavy atom. The molecular weight excluding hydrogens is 596 g/mol. The van der Waals surface area contributed by atoms with Crippen LogP contribution in [0.2, 0.25) is 0 Å². The van der Waals surface area contributed by atoms with Gasteiger partial charge in [-0.3, -0.25) is 9.59 Å². The van der Waals surface area contributed by atoms with Crippen molar-refractivity contribution in [2.45, 2.75) is 83.7 Å². The van der Waals surface area contributed by atoms with Crippen molar-refractivity contribution in [1.29, 1.82) is 0 Å². The van der Waals surface area contributed by atoms with E-state index in [-0.39, 0.29) is 29.1 Å². The summed E-state index contributed by atoms with van der Waals surface area (Å²) in [5, 5.41) is 12.6. The van der Waals surface area contributed by atoms with Gasteiger partial charge in [0.1, 0.15) is 12.1 Å². The SMILES string of the molecule is CC(C)(C)c1ccc(-c2cnc(-c3ccc(CC(NC(=O)c4ccc(C(C)(C)C)s4)C(=O)N4CCCC4C(=O)O)cc3)nc2)cc1. The summed E-state index contributed by atoms with van der Waals surface area (Å²) in [6.07, 6.45) is 4.86. The Morgan fingerprint density at radius 1 is 0.870 bits per heavy atom. The Kier molecular flexibility index (Phi) is 9.44. The van der Waals surface area contributed by atoms with Gasteiger partial charge in [0.2, 0.25) is 5.91 Å². The van der Waals surface area contributed by atoms with Gasteiger partial charge in [-0.05, 0) is 52.5 Å². The molecular formula is C37H42N4O4S. The van der Waals surface area contributed by atoms with Gasteiger partial charge in [0.25, 0.3) is 5.91 Å². The van der Waals surface area contributed by atoms with E-state index in [1.807, 2.05) is 42.7 Å². The van der Waals surface area contributed by atoms with Crippen molar-refractivity contribution in [1.82, 2.24) is 20.2 Å². The average Bonchev–Trinajstić information content (AvgIpc) is 3.72. The van der Waals surface area contributed by atoms with Crippen LogP contribution in [0, 0.1) is 0 Å². The van der Waals surface area contributed by atoms with Crippen molar-refractivity contribution in [2.24, 2.45) is 0 Å². The average molecular weight is 639 g/mol. The molecule has 1 aliphatic rings. The summed E-state index contributed by atoms with van der Waals surface area (Å²) in [6.45, 7) is 13.2. The lowest BCUT2D eigenvalue weighted by Crippen LogP contribution is -2.52. The van der Waals surface area contributed by atoms with Crippen molar-refractivity contribution >= 4 is 29.1 Å². The molecule has 0 aliphatic carbocycles. The molecule has 3 heterocycles. The lowest BCUT2D eigenvalue weighted by Gasteiger charge is -2.27. The number of carboxylic acids is 1. The van der Waals surface area contributed by atoms with E-state index in [0.29, 0.717) is 30.1 Å². The van der Waals surface area contributed by atoms with Crippen LogP contribution >= 0.6 is 11.3 Å². The number of aliphatic carboxylic acids is 1. The van der Waals surface area contributed by atoms with Crippen LogP contribution in [0.3, 0.4) is 0 Å². The minimum atomic E-state index is -1.03. The zero-order valence-electron chi connectivity index (χ0n) is 27.3. The molecule has 1 fully saturated rings. The number of amides is 2. The fourth-order valence-electron chi connectivity index (χ4n) is 5.59. The molecule has 1 saturated heterocycles. The fourth-order valence-corrected chi connectivity index (χ4v) is 6.56. The molecule has 2 N–H and O–H groups in total. The first-order valence-corrected chi connectivity index (χ1v) is 16.5. The summed E-state index contributed by atoms with van der Waals surface area (Å²) in [5.74, 6) is -1.18. The first kappa shape index (κ1) is 33.0. The molecule has 2 unspecified atom stereocenters. The van der Waals surface area contributed by atoms with Gasteiger partial charge in [-0.1, -0.05) is 90.1 Å². The summed E-state index contributed by atoms with van der Waals surface area (Å²) >= 11 is 1.40. The van der Waals surface area contributed by atoms with Crippen LogP contribution in [0.1, 0.15) is 80.1 Å². The second kappa shape index (κ2) is 13.2. The van der Waals surface area contributed by atoms with Crippen LogP contribution in [0.4, 0.5) is 0 Å². The topological polar surface area (TPSA) is 112 Å². The second-order valence-electron chi connectivity index (χ2n) is 14.0. The summed E-state index contributed by atoms with van der Waals surface area (Å²) in [4.78, 5) is 51.1. The van der Waals surface area contributed by atoms with E-state index in [4.69, 9.17) is 0 Å². The van der Waals surface area contributed by atoms with Gasteiger partial charge >= 0.3 is 5.97 Å². The van der Waals surface area contributed by atoms with Gasteiger partial charge in [0, 0.05) is 41.4 Å². The number of benzene rings is 2. The van der Waals surface area contributed by atoms with E-state index in [1.54, 1.807) is 6.07 Å². The summed E-state index contributed by atoms with van der Waals surface area (Å²) in [6, 6.07) is 17.9. The zero-order chi connectivity index (χ0) is 33.2. The molecule has 4 aromatic rings. The molecule has 0 saturated carbocycles. The molecule has 9 heteroatoms. The largest absolute Gasteiger partial charge is 0.480 e. The number of hydrogen-bond acceptors (Lipinski definition) is 6. The Bertz CT molecular complexity index is 1700. The smallest absolute Gasteiger partial charge is 0.326 e. The zero-order valence-corrected chi connectivity index (χ0v) is 28.1. The van der Waals surface area contributed by atoms with Crippen molar-refractivity contribution in [3.05, 3.63) is 93.9 Å². The number of thiophene rings is 1. The predicted octanol–water partition coefficient (Wildman–Crippen LogP) is 6.88. The molecule has 0 bridgehead atoms. The maximum atomic E-state index is 13.7. The summed E-state index contributed by atoms with van der Waals surface area (Å²) in [7, 11) is 0. The van der Waals surface area contributed by atoms with E-state index < -0.39 is 18.1 Å². The highest BCUT2D eigenvalue weighted by Gasteiger charge is 2.38. The standard InChI is InChI=1S/C37H42N4O4S/c1-36(2,3)27-15-13-24(14-16-27)26-21-38-32(39-22-26)25-11-9-23(10-12-25)20-28(34(43)41-19-7-8-29(41)35(44)45)40-33(42)30-17-18-31(46-30)37(4,5)6/h9-18,21-22,28-29H,7-8,19-20H2,1-6H3,(H,40,42)(H,44,45). The van der Waals surface area contributed by atoms with E-state index in [1.165, 1.54) is 21.8 Å². The molecule has 240 valence electrons. The number of carbonyl (C=O) groups excluding carboxylic acids is 2. The number of aromatic nitrogens is 2. The van der Waals surface area contributed by atoms with Gasteiger partial charge in [-0.25, -0.2) is 14.8 Å². The second-order valence-corrected chi connectivity index (χ2v) is 15.1. The van der Waals surface area contributed by atoms with E-state index in [2.05, 4.69) is 81.1 Å². The van der Waals surface area contributed by atoms with Crippen LogP contribution in [-0.2, 0) is 26.8 Å². The van der Waals surface area contributed by atoms with Gasteiger partial charge < -0.3 is 15.3 Å². The molecule has 0 radical (unpaired) electrons. The number of carboxylic acid groups (broad SMARTS) is 1. The van der Waals surface area contributed by atoms with E-state index >= 15 is 0 Å². The molecule has 46 heavy (non-hydrogen) atoms. The highest BCUT2D eigenvalue weighted by molar-refractivity contribution is 7.14. The number of nitrogens with zero attached hydrogens (tertiary/aromatic N) is 3. The Balaban J connectivity index is 1.33. The highest BCUT2D eigenvalue weighted by atomic mass is 32.1. The van der Waals surface area contributed by atoms with Crippen LogP contribution < -0.4 is 5.32 Å². The van der Waals surface area contributed by atoms with Crippen molar-refractivity contribution < 1.29 is 19.5 Å². The van der Waals surface area contributed by atoms with E-state index in [9.17, 15) is 19.5 Å². The maximum absolute atomic E-state index is 13.7. The molecule has 8 nitrogen and oxygen atoms in total. The number of likely N-dealkylation sites (tertiary alicyclic amines) is 1. The number of rotatable bonds is 8. The third-order valence-corrected chi connectivity index (χ3v) is 9.89. The third-order valence-electron chi connectivity index (χ3n) is 8.38. The van der Waals surface area contributed by atoms with Crippen LogP contribution in [0.25, 0.3) is 22.5 Å². The first-order valence-electron chi connectivity index (χ1n) is 15.7. The molecule has 0 spiro atoms. The molecule has 2 aromatic heterocycles. The van der Waals surface area contributed by atoms with Gasteiger partial charge in [0.05, 0.1) is 4.88 Å². The Labute approximate surface area is 274 Å². The van der Waals surface area contributed by atoms with Crippen molar-refractivity contribution in [3.63, 3.8) is 0 Å². The minimum absolute atomic E-state index is 0.0826. The normalized spacial score (nSPS) is 15.9. The number of carbonyl (C=O) groups is 3.